The quantitative estimate of drug-likeness (QED) is 0.779. The smallest absolute Gasteiger partial charge is 0.141 e. The van der Waals surface area contributed by atoms with E-state index in [2.05, 4.69) is 17.2 Å². The van der Waals surface area contributed by atoms with Crippen LogP contribution in [0.2, 0.25) is 5.02 Å². The lowest BCUT2D eigenvalue weighted by molar-refractivity contribution is 0.387. The fourth-order valence-corrected chi connectivity index (χ4v) is 2.76. The summed E-state index contributed by atoms with van der Waals surface area (Å²) in [6, 6.07) is 3.76. The molecule has 0 fully saturated rings. The van der Waals surface area contributed by atoms with Crippen LogP contribution >= 0.6 is 11.6 Å². The van der Waals surface area contributed by atoms with Gasteiger partial charge >= 0.3 is 0 Å². The summed E-state index contributed by atoms with van der Waals surface area (Å²) < 4.78 is 12.6. The Morgan fingerprint density at radius 3 is 2.45 bits per heavy atom. The average Bonchev–Trinajstić information content (AvgIpc) is 3.00. The van der Waals surface area contributed by atoms with Gasteiger partial charge in [0.05, 0.1) is 24.9 Å². The van der Waals surface area contributed by atoms with E-state index in [9.17, 15) is 0 Å². The Labute approximate surface area is 136 Å². The molecule has 5 nitrogen and oxygen atoms in total. The molecule has 0 saturated carbocycles. The lowest BCUT2D eigenvalue weighted by Gasteiger charge is -2.19. The third kappa shape index (κ3) is 3.53. The van der Waals surface area contributed by atoms with Crippen molar-refractivity contribution in [3.05, 3.63) is 34.6 Å². The molecule has 1 aromatic heterocycles. The van der Waals surface area contributed by atoms with Gasteiger partial charge < -0.3 is 9.47 Å². The fourth-order valence-electron chi connectivity index (χ4n) is 2.52. The summed E-state index contributed by atoms with van der Waals surface area (Å²) in [4.78, 5) is 0. The molecule has 0 aliphatic rings. The molecule has 22 heavy (non-hydrogen) atoms. The minimum atomic E-state index is 0.264. The zero-order chi connectivity index (χ0) is 16.1. The first kappa shape index (κ1) is 16.6. The number of halogens is 1. The van der Waals surface area contributed by atoms with Crippen molar-refractivity contribution in [2.24, 2.45) is 0 Å². The van der Waals surface area contributed by atoms with Crippen LogP contribution in [0, 0.1) is 0 Å². The summed E-state index contributed by atoms with van der Waals surface area (Å²) in [5, 5.41) is 8.91. The average molecular weight is 324 g/mol. The van der Waals surface area contributed by atoms with E-state index in [4.69, 9.17) is 21.1 Å². The predicted molar refractivity (Wildman–Crippen MR) is 87.0 cm³/mol. The van der Waals surface area contributed by atoms with E-state index in [1.165, 1.54) is 0 Å². The monoisotopic (exact) mass is 323 g/mol. The molecule has 0 aliphatic carbocycles. The number of hydrogen-bond donors (Lipinski definition) is 0. The normalized spacial score (nSPS) is 12.2. The zero-order valence-electron chi connectivity index (χ0n) is 13.5. The fraction of sp³-hybridized carbons (Fsp3) is 0.500. The van der Waals surface area contributed by atoms with Crippen molar-refractivity contribution in [2.75, 3.05) is 14.2 Å². The molecule has 1 atom stereocenters. The van der Waals surface area contributed by atoms with Crippen molar-refractivity contribution in [3.63, 3.8) is 0 Å². The van der Waals surface area contributed by atoms with E-state index in [1.54, 1.807) is 14.2 Å². The maximum Gasteiger partial charge on any atom is 0.141 e. The third-order valence-corrected chi connectivity index (χ3v) is 4.10. The highest BCUT2D eigenvalue weighted by Gasteiger charge is 2.19. The van der Waals surface area contributed by atoms with E-state index in [0.717, 1.165) is 36.4 Å². The summed E-state index contributed by atoms with van der Waals surface area (Å²) in [7, 11) is 3.26. The highest BCUT2D eigenvalue weighted by molar-refractivity contribution is 6.32. The molecule has 1 aromatic carbocycles. The summed E-state index contributed by atoms with van der Waals surface area (Å²) in [5.74, 6) is 1.67. The van der Waals surface area contributed by atoms with E-state index in [0.29, 0.717) is 10.8 Å². The minimum Gasteiger partial charge on any atom is -0.496 e. The molecule has 0 saturated heterocycles. The number of hydrogen-bond acceptors (Lipinski definition) is 4. The number of ether oxygens (including phenoxy) is 2. The lowest BCUT2D eigenvalue weighted by atomic mass is 9.91. The summed E-state index contributed by atoms with van der Waals surface area (Å²) in [6.45, 7) is 5.01. The van der Waals surface area contributed by atoms with E-state index < -0.39 is 0 Å². The molecule has 0 N–H and O–H groups in total. The Hall–Kier alpha value is -1.75. The SMILES string of the molecule is CCC(Cc1cn(CC)nn1)c1cc(Cl)c(OC)cc1OC. The van der Waals surface area contributed by atoms with Crippen LogP contribution in [0.1, 0.15) is 37.4 Å². The van der Waals surface area contributed by atoms with Crippen LogP contribution in [0.15, 0.2) is 18.3 Å². The summed E-state index contributed by atoms with van der Waals surface area (Å²) >= 11 is 6.28. The van der Waals surface area contributed by atoms with Gasteiger partial charge in [0.2, 0.25) is 0 Å². The van der Waals surface area contributed by atoms with Gasteiger partial charge in [-0.3, -0.25) is 4.68 Å². The van der Waals surface area contributed by atoms with Crippen molar-refractivity contribution >= 4 is 11.6 Å². The molecular weight excluding hydrogens is 302 g/mol. The second kappa shape index (κ2) is 7.49. The van der Waals surface area contributed by atoms with Crippen LogP contribution in [-0.4, -0.2) is 29.2 Å². The van der Waals surface area contributed by atoms with E-state index in [1.807, 2.05) is 29.9 Å². The van der Waals surface area contributed by atoms with Crippen molar-refractivity contribution in [1.29, 1.82) is 0 Å². The van der Waals surface area contributed by atoms with Crippen LogP contribution < -0.4 is 9.47 Å². The first-order chi connectivity index (χ1) is 10.6. The van der Waals surface area contributed by atoms with Gasteiger partial charge in [0, 0.05) is 25.2 Å². The van der Waals surface area contributed by atoms with Crippen molar-refractivity contribution in [3.8, 4) is 11.5 Å². The van der Waals surface area contributed by atoms with Gasteiger partial charge in [-0.2, -0.15) is 0 Å². The van der Waals surface area contributed by atoms with Crippen LogP contribution in [0.25, 0.3) is 0 Å². The highest BCUT2D eigenvalue weighted by Crippen LogP contribution is 2.38. The van der Waals surface area contributed by atoms with Crippen LogP contribution in [-0.2, 0) is 13.0 Å². The molecule has 2 rings (SSSR count). The van der Waals surface area contributed by atoms with E-state index in [-0.39, 0.29) is 5.92 Å². The van der Waals surface area contributed by atoms with Crippen LogP contribution in [0.5, 0.6) is 11.5 Å². The molecule has 0 spiro atoms. The first-order valence-electron chi connectivity index (χ1n) is 7.43. The zero-order valence-corrected chi connectivity index (χ0v) is 14.2. The Balaban J connectivity index is 2.31. The van der Waals surface area contributed by atoms with Gasteiger partial charge in [0.1, 0.15) is 11.5 Å². The number of benzene rings is 1. The van der Waals surface area contributed by atoms with Gasteiger partial charge in [-0.15, -0.1) is 5.10 Å². The van der Waals surface area contributed by atoms with Crippen molar-refractivity contribution in [2.45, 2.75) is 39.2 Å². The molecular formula is C16H22ClN3O2. The number of aryl methyl sites for hydroxylation is 1. The molecule has 6 heteroatoms. The Morgan fingerprint density at radius 2 is 1.91 bits per heavy atom. The molecule has 120 valence electrons. The van der Waals surface area contributed by atoms with Crippen LogP contribution in [0.4, 0.5) is 0 Å². The topological polar surface area (TPSA) is 49.2 Å². The second-order valence-corrected chi connectivity index (χ2v) is 5.51. The number of nitrogens with zero attached hydrogens (tertiary/aromatic N) is 3. The van der Waals surface area contributed by atoms with Gasteiger partial charge in [0.15, 0.2) is 0 Å². The molecule has 0 aliphatic heterocycles. The predicted octanol–water partition coefficient (Wildman–Crippen LogP) is 3.70. The Bertz CT molecular complexity index is 628. The Morgan fingerprint density at radius 1 is 1.18 bits per heavy atom. The first-order valence-corrected chi connectivity index (χ1v) is 7.81. The largest absolute Gasteiger partial charge is 0.496 e. The molecule has 0 amide bonds. The van der Waals surface area contributed by atoms with Crippen LogP contribution in [0.3, 0.4) is 0 Å². The minimum absolute atomic E-state index is 0.264. The lowest BCUT2D eigenvalue weighted by Crippen LogP contribution is -2.05. The van der Waals surface area contributed by atoms with Crippen molar-refractivity contribution < 1.29 is 9.47 Å². The number of methoxy groups -OCH3 is 2. The number of aromatic nitrogens is 3. The van der Waals surface area contributed by atoms with E-state index >= 15 is 0 Å². The molecule has 0 radical (unpaired) electrons. The molecule has 2 aromatic rings. The van der Waals surface area contributed by atoms with Crippen molar-refractivity contribution in [1.82, 2.24) is 15.0 Å². The third-order valence-electron chi connectivity index (χ3n) is 3.80. The molecule has 0 bridgehead atoms. The summed E-state index contributed by atoms with van der Waals surface area (Å²) in [5.41, 5.74) is 2.05. The van der Waals surface area contributed by atoms with Gasteiger partial charge in [-0.25, -0.2) is 0 Å². The van der Waals surface area contributed by atoms with Gasteiger partial charge in [-0.1, -0.05) is 23.7 Å². The maximum atomic E-state index is 6.28. The summed E-state index contributed by atoms with van der Waals surface area (Å²) in [6.07, 6.45) is 3.74. The van der Waals surface area contributed by atoms with Gasteiger partial charge in [-0.05, 0) is 30.9 Å². The Kier molecular flexibility index (Phi) is 5.66. The van der Waals surface area contributed by atoms with Gasteiger partial charge in [0.25, 0.3) is 0 Å². The molecule has 1 heterocycles. The standard InChI is InChI=1S/C16H22ClN3O2/c1-5-11(7-12-10-20(6-2)19-18-12)13-8-14(17)16(22-4)9-15(13)21-3/h8-11H,5-7H2,1-4H3. The maximum absolute atomic E-state index is 6.28. The second-order valence-electron chi connectivity index (χ2n) is 5.10. The highest BCUT2D eigenvalue weighted by atomic mass is 35.5. The molecule has 1 unspecified atom stereocenters. The number of rotatable bonds is 7.